The number of carbonyl (C=O) groups is 1. The van der Waals surface area contributed by atoms with Gasteiger partial charge in [0.2, 0.25) is 5.67 Å². The predicted molar refractivity (Wildman–Crippen MR) is 134 cm³/mol. The Morgan fingerprint density at radius 1 is 1.11 bits per heavy atom. The zero-order valence-corrected chi connectivity index (χ0v) is 19.4. The van der Waals surface area contributed by atoms with E-state index in [2.05, 4.69) is 10.1 Å². The zero-order valence-electron chi connectivity index (χ0n) is 19.4. The third-order valence-electron chi connectivity index (χ3n) is 8.08. The Morgan fingerprint density at radius 3 is 2.49 bits per heavy atom. The molecule has 1 atom stereocenters. The Labute approximate surface area is 202 Å². The lowest BCUT2D eigenvalue weighted by Crippen LogP contribution is -2.31. The van der Waals surface area contributed by atoms with E-state index in [1.807, 2.05) is 56.5 Å². The number of alkyl halides is 1. The van der Waals surface area contributed by atoms with E-state index in [0.717, 1.165) is 33.5 Å². The minimum atomic E-state index is -2.07. The molecule has 1 spiro atoms. The van der Waals surface area contributed by atoms with Gasteiger partial charge >= 0.3 is 5.97 Å². The minimum absolute atomic E-state index is 0.105. The molecular formula is C26H25BFN5O2. The molecule has 0 saturated heterocycles. The Kier molecular flexibility index (Phi) is 4.75. The van der Waals surface area contributed by atoms with Crippen molar-refractivity contribution in [3.05, 3.63) is 60.6 Å². The van der Waals surface area contributed by atoms with Gasteiger partial charge in [-0.3, -0.25) is 4.98 Å². The number of hydrogen-bond donors (Lipinski definition) is 2. The maximum absolute atomic E-state index is 14.7. The highest BCUT2D eigenvalue weighted by atomic mass is 19.1. The monoisotopic (exact) mass is 469 g/mol. The number of hydrogen-bond acceptors (Lipinski definition) is 5. The number of benzene rings is 1. The van der Waals surface area contributed by atoms with Gasteiger partial charge in [-0.15, -0.1) is 0 Å². The number of aromatic nitrogens is 4. The molecule has 0 amide bonds. The van der Waals surface area contributed by atoms with Gasteiger partial charge in [-0.1, -0.05) is 36.4 Å². The van der Waals surface area contributed by atoms with Crippen molar-refractivity contribution in [1.29, 1.82) is 0 Å². The fourth-order valence-electron chi connectivity index (χ4n) is 5.79. The summed E-state index contributed by atoms with van der Waals surface area (Å²) < 4.78 is 16.4. The summed E-state index contributed by atoms with van der Waals surface area (Å²) in [6.07, 6.45) is 6.17. The molecule has 1 aromatic carbocycles. The first-order valence-corrected chi connectivity index (χ1v) is 11.9. The van der Waals surface area contributed by atoms with Gasteiger partial charge in [0.05, 0.1) is 11.9 Å². The molecule has 9 heteroatoms. The van der Waals surface area contributed by atoms with Crippen molar-refractivity contribution in [3.63, 3.8) is 0 Å². The third kappa shape index (κ3) is 3.25. The maximum atomic E-state index is 14.7. The average Bonchev–Trinajstić information content (AvgIpc) is 3.24. The molecule has 2 fully saturated rings. The predicted octanol–water partition coefficient (Wildman–Crippen LogP) is 3.14. The Hall–Kier alpha value is -3.75. The topological polar surface area (TPSA) is 106 Å². The van der Waals surface area contributed by atoms with Crippen molar-refractivity contribution in [3.8, 4) is 22.4 Å². The number of nitrogens with two attached hydrogens (primary N) is 1. The van der Waals surface area contributed by atoms with Gasteiger partial charge in [-0.05, 0) is 37.2 Å². The Balaban J connectivity index is 1.32. The van der Waals surface area contributed by atoms with Crippen LogP contribution in [0.2, 0.25) is 0 Å². The smallest absolute Gasteiger partial charge is 0.342 e. The van der Waals surface area contributed by atoms with Crippen LogP contribution in [0.15, 0.2) is 54.9 Å². The van der Waals surface area contributed by atoms with Gasteiger partial charge < -0.3 is 10.8 Å². The first kappa shape index (κ1) is 21.8. The lowest BCUT2D eigenvalue weighted by Gasteiger charge is -2.30. The summed E-state index contributed by atoms with van der Waals surface area (Å²) in [5, 5.41) is 13.8. The quantitative estimate of drug-likeness (QED) is 0.445. The SMILES string of the molecule is Bc1c(C2CCC3(CC2)CC3(F)C(=O)O)nc2c(-c3ccc(-c4ccccc4)nc3)cnn2c1N. The van der Waals surface area contributed by atoms with Gasteiger partial charge in [0.15, 0.2) is 5.65 Å². The molecule has 0 bridgehead atoms. The molecule has 1 unspecified atom stereocenters. The van der Waals surface area contributed by atoms with Crippen LogP contribution in [0.25, 0.3) is 28.0 Å². The number of fused-ring (bicyclic) bond motifs is 1. The normalized spacial score (nSPS) is 25.7. The van der Waals surface area contributed by atoms with E-state index in [-0.39, 0.29) is 12.3 Å². The van der Waals surface area contributed by atoms with Crippen molar-refractivity contribution >= 4 is 30.7 Å². The average molecular weight is 469 g/mol. The number of rotatable bonds is 4. The van der Waals surface area contributed by atoms with Gasteiger partial charge in [0, 0.05) is 46.3 Å². The summed E-state index contributed by atoms with van der Waals surface area (Å²) in [7, 11) is 1.94. The second-order valence-electron chi connectivity index (χ2n) is 9.94. The number of carboxylic acids is 1. The molecular weight excluding hydrogens is 444 g/mol. The van der Waals surface area contributed by atoms with Crippen molar-refractivity contribution in [2.75, 3.05) is 5.73 Å². The summed E-state index contributed by atoms with van der Waals surface area (Å²) in [5.74, 6) is -0.693. The van der Waals surface area contributed by atoms with Gasteiger partial charge in [-0.25, -0.2) is 14.2 Å². The van der Waals surface area contributed by atoms with Gasteiger partial charge in [0.1, 0.15) is 13.7 Å². The van der Waals surface area contributed by atoms with Crippen LogP contribution < -0.4 is 11.2 Å². The molecule has 3 aromatic heterocycles. The maximum Gasteiger partial charge on any atom is 0.342 e. The summed E-state index contributed by atoms with van der Waals surface area (Å²) in [5.41, 5.74) is 9.77. The van der Waals surface area contributed by atoms with E-state index in [0.29, 0.717) is 37.1 Å². The van der Waals surface area contributed by atoms with Crippen LogP contribution in [-0.4, -0.2) is 44.2 Å². The molecule has 3 heterocycles. The lowest BCUT2D eigenvalue weighted by molar-refractivity contribution is -0.146. The zero-order chi connectivity index (χ0) is 24.4. The van der Waals surface area contributed by atoms with Crippen LogP contribution in [0.1, 0.15) is 43.7 Å². The van der Waals surface area contributed by atoms with Crippen LogP contribution in [0.4, 0.5) is 10.2 Å². The first-order valence-electron chi connectivity index (χ1n) is 11.9. The Morgan fingerprint density at radius 2 is 1.86 bits per heavy atom. The van der Waals surface area contributed by atoms with Crippen molar-refractivity contribution < 1.29 is 14.3 Å². The molecule has 2 aliphatic carbocycles. The second kappa shape index (κ2) is 7.63. The molecule has 0 aliphatic heterocycles. The lowest BCUT2D eigenvalue weighted by atomic mass is 9.74. The molecule has 6 rings (SSSR count). The number of anilines is 1. The Bertz CT molecular complexity index is 1450. The van der Waals surface area contributed by atoms with E-state index < -0.39 is 17.1 Å². The highest BCUT2D eigenvalue weighted by molar-refractivity contribution is 6.36. The first-order chi connectivity index (χ1) is 16.8. The van der Waals surface area contributed by atoms with Crippen LogP contribution in [0.5, 0.6) is 0 Å². The standard InChI is InChI=1S/C26H25BFN5O2/c27-20-21(16-8-10-25(11-9-16)14-26(25,28)24(34)35)32-23-18(13-31-33(23)22(20)29)17-6-7-19(30-12-17)15-4-2-1-3-5-15/h1-7,12-13,16H,8-11,14,27,29H2,(H,34,35). The molecule has 2 saturated carbocycles. The van der Waals surface area contributed by atoms with E-state index in [9.17, 15) is 14.3 Å². The third-order valence-corrected chi connectivity index (χ3v) is 8.08. The van der Waals surface area contributed by atoms with E-state index in [1.54, 1.807) is 10.7 Å². The van der Waals surface area contributed by atoms with Crippen LogP contribution in [-0.2, 0) is 4.79 Å². The number of halogens is 1. The van der Waals surface area contributed by atoms with Crippen LogP contribution in [0, 0.1) is 5.41 Å². The van der Waals surface area contributed by atoms with Crippen LogP contribution >= 0.6 is 0 Å². The number of aliphatic carboxylic acids is 1. The minimum Gasteiger partial charge on any atom is -0.479 e. The molecule has 7 nitrogen and oxygen atoms in total. The molecule has 35 heavy (non-hydrogen) atoms. The fraction of sp³-hybridized carbons (Fsp3) is 0.308. The summed E-state index contributed by atoms with van der Waals surface area (Å²) in [6, 6.07) is 14.0. The number of nitrogens with zero attached hydrogens (tertiary/aromatic N) is 4. The van der Waals surface area contributed by atoms with E-state index >= 15 is 0 Å². The number of carboxylic acid groups (broad SMARTS) is 1. The highest BCUT2D eigenvalue weighted by Gasteiger charge is 2.73. The van der Waals surface area contributed by atoms with E-state index in [4.69, 9.17) is 10.7 Å². The molecule has 2 aliphatic rings. The number of nitrogen functional groups attached to an aromatic ring is 1. The van der Waals surface area contributed by atoms with Crippen molar-refractivity contribution in [1.82, 2.24) is 19.6 Å². The highest BCUT2D eigenvalue weighted by Crippen LogP contribution is 2.67. The summed E-state index contributed by atoms with van der Waals surface area (Å²) in [4.78, 5) is 21.0. The summed E-state index contributed by atoms with van der Waals surface area (Å²) >= 11 is 0. The largest absolute Gasteiger partial charge is 0.479 e. The van der Waals surface area contributed by atoms with Gasteiger partial charge in [0.25, 0.3) is 0 Å². The second-order valence-corrected chi connectivity index (χ2v) is 9.94. The molecule has 0 radical (unpaired) electrons. The summed E-state index contributed by atoms with van der Waals surface area (Å²) in [6.45, 7) is 0. The van der Waals surface area contributed by atoms with Crippen molar-refractivity contribution in [2.24, 2.45) is 5.41 Å². The van der Waals surface area contributed by atoms with Crippen molar-refractivity contribution in [2.45, 2.75) is 43.7 Å². The van der Waals surface area contributed by atoms with Crippen LogP contribution in [0.3, 0.4) is 0 Å². The molecule has 176 valence electrons. The molecule has 4 aromatic rings. The van der Waals surface area contributed by atoms with Gasteiger partial charge in [-0.2, -0.15) is 9.61 Å². The molecule has 3 N–H and O–H groups in total. The van der Waals surface area contributed by atoms with E-state index in [1.165, 1.54) is 0 Å². The fourth-order valence-corrected chi connectivity index (χ4v) is 5.79. The number of pyridine rings is 1.